The van der Waals surface area contributed by atoms with E-state index in [4.69, 9.17) is 0 Å². The van der Waals surface area contributed by atoms with Crippen LogP contribution in [0.5, 0.6) is 11.5 Å². The van der Waals surface area contributed by atoms with Gasteiger partial charge in [-0.25, -0.2) is 0 Å². The molecule has 1 amide bonds. The molecule has 1 heterocycles. The molecule has 2 aliphatic rings. The highest BCUT2D eigenvalue weighted by Gasteiger charge is 2.39. The van der Waals surface area contributed by atoms with Crippen LogP contribution in [0, 0.1) is 5.92 Å². The monoisotopic (exact) mass is 350 g/mol. The van der Waals surface area contributed by atoms with E-state index in [1.54, 1.807) is 31.0 Å². The molecule has 1 aliphatic carbocycles. The number of hydrogen-bond acceptors (Lipinski definition) is 4. The number of nitrogens with zero attached hydrogens (tertiary/aromatic N) is 1. The maximum atomic E-state index is 11.7. The lowest BCUT2D eigenvalue weighted by Gasteiger charge is -2.38. The summed E-state index contributed by atoms with van der Waals surface area (Å²) in [6, 6.07) is 10.7. The highest BCUT2D eigenvalue weighted by atomic mass is 16.3. The van der Waals surface area contributed by atoms with Crippen LogP contribution in [-0.2, 0) is 4.79 Å². The van der Waals surface area contributed by atoms with Crippen molar-refractivity contribution in [1.29, 1.82) is 0 Å². The first kappa shape index (κ1) is 16.5. The van der Waals surface area contributed by atoms with Crippen LogP contribution in [0.3, 0.4) is 0 Å². The van der Waals surface area contributed by atoms with E-state index in [1.807, 2.05) is 12.1 Å². The van der Waals surface area contributed by atoms with Gasteiger partial charge in [0.15, 0.2) is 0 Å². The predicted molar refractivity (Wildman–Crippen MR) is 102 cm³/mol. The normalized spacial score (nSPS) is 23.1. The van der Waals surface area contributed by atoms with Crippen LogP contribution in [0.15, 0.2) is 48.6 Å². The van der Waals surface area contributed by atoms with E-state index < -0.39 is 0 Å². The molecule has 0 saturated heterocycles. The van der Waals surface area contributed by atoms with Crippen LogP contribution in [0.4, 0.5) is 11.4 Å². The zero-order chi connectivity index (χ0) is 18.4. The van der Waals surface area contributed by atoms with Crippen molar-refractivity contribution < 1.29 is 15.0 Å². The molecule has 0 bridgehead atoms. The second-order valence-electron chi connectivity index (χ2n) is 7.07. The molecule has 0 fully saturated rings. The minimum atomic E-state index is -0.0421. The van der Waals surface area contributed by atoms with Gasteiger partial charge in [-0.1, -0.05) is 12.2 Å². The summed E-state index contributed by atoms with van der Waals surface area (Å²) >= 11 is 0. The van der Waals surface area contributed by atoms with Crippen molar-refractivity contribution in [3.8, 4) is 11.5 Å². The van der Waals surface area contributed by atoms with E-state index in [1.165, 1.54) is 11.6 Å². The molecule has 3 atom stereocenters. The molecule has 134 valence electrons. The number of hydrogen-bond donors (Lipinski definition) is 3. The fourth-order valence-electron chi connectivity index (χ4n) is 4.08. The number of carbonyl (C=O) groups excluding carboxylic acids is 1. The van der Waals surface area contributed by atoms with E-state index in [2.05, 4.69) is 23.5 Å². The molecule has 3 unspecified atom stereocenters. The van der Waals surface area contributed by atoms with E-state index in [0.717, 1.165) is 23.4 Å². The summed E-state index contributed by atoms with van der Waals surface area (Å²) in [4.78, 5) is 13.3. The molecular weight excluding hydrogens is 328 g/mol. The summed E-state index contributed by atoms with van der Waals surface area (Å²) in [6.45, 7) is 1.56. The van der Waals surface area contributed by atoms with Crippen molar-refractivity contribution in [2.75, 3.05) is 17.3 Å². The standard InChI is InChI=1S/C21H22N2O3/c1-12(24)23(2)13-6-9-19-18(10-13)15-4-3-5-16(15)21(22-19)17-8-7-14(25)11-20(17)26/h3-4,6-11,15-16,21-22,25-26H,5H2,1-2H3. The summed E-state index contributed by atoms with van der Waals surface area (Å²) < 4.78 is 0. The molecule has 0 radical (unpaired) electrons. The van der Waals surface area contributed by atoms with E-state index >= 15 is 0 Å². The number of rotatable bonds is 2. The number of carbonyl (C=O) groups is 1. The van der Waals surface area contributed by atoms with E-state index in [9.17, 15) is 15.0 Å². The Kier molecular flexibility index (Phi) is 3.87. The van der Waals surface area contributed by atoms with Crippen molar-refractivity contribution in [1.82, 2.24) is 0 Å². The quantitative estimate of drug-likeness (QED) is 0.718. The third kappa shape index (κ3) is 2.60. The van der Waals surface area contributed by atoms with Crippen LogP contribution in [-0.4, -0.2) is 23.2 Å². The van der Waals surface area contributed by atoms with Crippen LogP contribution >= 0.6 is 0 Å². The molecule has 5 nitrogen and oxygen atoms in total. The second kappa shape index (κ2) is 6.09. The first-order chi connectivity index (χ1) is 12.5. The molecular formula is C21H22N2O3. The van der Waals surface area contributed by atoms with Gasteiger partial charge < -0.3 is 20.4 Å². The lowest BCUT2D eigenvalue weighted by Crippen LogP contribution is -2.30. The van der Waals surface area contributed by atoms with Gasteiger partial charge in [-0.15, -0.1) is 0 Å². The molecule has 1 aliphatic heterocycles. The average molecular weight is 350 g/mol. The van der Waals surface area contributed by atoms with Crippen molar-refractivity contribution in [3.63, 3.8) is 0 Å². The van der Waals surface area contributed by atoms with Crippen LogP contribution in [0.2, 0.25) is 0 Å². The Morgan fingerprint density at radius 3 is 2.69 bits per heavy atom. The van der Waals surface area contributed by atoms with Crippen LogP contribution in [0.1, 0.15) is 36.4 Å². The number of anilines is 2. The van der Waals surface area contributed by atoms with Crippen LogP contribution in [0.25, 0.3) is 0 Å². The van der Waals surface area contributed by atoms with Gasteiger partial charge in [-0.3, -0.25) is 4.79 Å². The van der Waals surface area contributed by atoms with Crippen molar-refractivity contribution >= 4 is 17.3 Å². The number of fused-ring (bicyclic) bond motifs is 3. The first-order valence-electron chi connectivity index (χ1n) is 8.79. The lowest BCUT2D eigenvalue weighted by molar-refractivity contribution is -0.116. The third-order valence-electron chi connectivity index (χ3n) is 5.56. The number of phenols is 2. The molecule has 2 aromatic rings. The van der Waals surface area contributed by atoms with Gasteiger partial charge in [0.2, 0.25) is 5.91 Å². The third-order valence-corrected chi connectivity index (χ3v) is 5.56. The number of aromatic hydroxyl groups is 2. The van der Waals surface area contributed by atoms with Gasteiger partial charge in [-0.2, -0.15) is 0 Å². The average Bonchev–Trinajstić information content (AvgIpc) is 3.10. The van der Waals surface area contributed by atoms with Gasteiger partial charge in [0.25, 0.3) is 0 Å². The van der Waals surface area contributed by atoms with E-state index in [0.29, 0.717) is 0 Å². The summed E-state index contributed by atoms with van der Waals surface area (Å²) in [6.07, 6.45) is 5.30. The van der Waals surface area contributed by atoms with Gasteiger partial charge >= 0.3 is 0 Å². The fourth-order valence-corrected chi connectivity index (χ4v) is 4.08. The fraction of sp³-hybridized carbons (Fsp3) is 0.286. The number of nitrogens with one attached hydrogen (secondary N) is 1. The highest BCUT2D eigenvalue weighted by molar-refractivity contribution is 5.91. The number of benzene rings is 2. The summed E-state index contributed by atoms with van der Waals surface area (Å²) in [5.74, 6) is 0.657. The highest BCUT2D eigenvalue weighted by Crippen LogP contribution is 2.51. The van der Waals surface area contributed by atoms with Gasteiger partial charge in [0.05, 0.1) is 6.04 Å². The van der Waals surface area contributed by atoms with Crippen molar-refractivity contribution in [2.45, 2.75) is 25.3 Å². The molecule has 0 saturated carbocycles. The van der Waals surface area contributed by atoms with E-state index in [-0.39, 0.29) is 35.3 Å². The Hall–Kier alpha value is -2.95. The summed E-state index contributed by atoms with van der Waals surface area (Å²) in [5.41, 5.74) is 3.85. The summed E-state index contributed by atoms with van der Waals surface area (Å²) in [7, 11) is 1.78. The predicted octanol–water partition coefficient (Wildman–Crippen LogP) is 3.91. The largest absolute Gasteiger partial charge is 0.508 e. The minimum Gasteiger partial charge on any atom is -0.508 e. The SMILES string of the molecule is CC(=O)N(C)c1ccc2c(c1)C1C=CCC1C(c1ccc(O)cc1O)N2. The van der Waals surface area contributed by atoms with Crippen molar-refractivity contribution in [3.05, 3.63) is 59.7 Å². The summed E-state index contributed by atoms with van der Waals surface area (Å²) in [5, 5.41) is 23.5. The Morgan fingerprint density at radius 2 is 1.96 bits per heavy atom. The Morgan fingerprint density at radius 1 is 1.15 bits per heavy atom. The van der Waals surface area contributed by atoms with Crippen molar-refractivity contribution in [2.24, 2.45) is 5.92 Å². The molecule has 4 rings (SSSR count). The van der Waals surface area contributed by atoms with Gasteiger partial charge in [0, 0.05) is 42.9 Å². The second-order valence-corrected chi connectivity index (χ2v) is 7.07. The zero-order valence-electron chi connectivity index (χ0n) is 14.8. The maximum Gasteiger partial charge on any atom is 0.223 e. The number of phenolic OH excluding ortho intramolecular Hbond substituents is 2. The van der Waals surface area contributed by atoms with Crippen LogP contribution < -0.4 is 10.2 Å². The maximum absolute atomic E-state index is 11.7. The molecule has 5 heteroatoms. The smallest absolute Gasteiger partial charge is 0.223 e. The topological polar surface area (TPSA) is 72.8 Å². The Balaban J connectivity index is 1.76. The minimum absolute atomic E-state index is 0.000810. The molecule has 0 spiro atoms. The van der Waals surface area contributed by atoms with Gasteiger partial charge in [-0.05, 0) is 48.2 Å². The van der Waals surface area contributed by atoms with Gasteiger partial charge in [0.1, 0.15) is 11.5 Å². The molecule has 26 heavy (non-hydrogen) atoms. The molecule has 0 aromatic heterocycles. The Bertz CT molecular complexity index is 906. The molecule has 3 N–H and O–H groups in total. The number of amides is 1. The Labute approximate surface area is 152 Å². The number of allylic oxidation sites excluding steroid dienone is 2. The lowest BCUT2D eigenvalue weighted by atomic mass is 9.76. The zero-order valence-corrected chi connectivity index (χ0v) is 14.8. The first-order valence-corrected chi connectivity index (χ1v) is 8.79. The molecule has 2 aromatic carbocycles.